The fraction of sp³-hybridized carbons (Fsp3) is 0.278. The van der Waals surface area contributed by atoms with Crippen LogP contribution < -0.4 is 4.74 Å². The molecule has 0 aromatic heterocycles. The second-order valence-corrected chi connectivity index (χ2v) is 7.51. The average molecular weight is 396 g/mol. The number of alkyl halides is 1. The van der Waals surface area contributed by atoms with Crippen molar-refractivity contribution in [2.24, 2.45) is 0 Å². The highest BCUT2D eigenvalue weighted by Crippen LogP contribution is 2.43. The Morgan fingerprint density at radius 1 is 1.26 bits per heavy atom. The van der Waals surface area contributed by atoms with E-state index in [1.807, 2.05) is 13.8 Å². The molecule has 0 radical (unpaired) electrons. The number of hydrogen-bond acceptors (Lipinski definition) is 3. The Balaban J connectivity index is 2.02. The number of ether oxygens (including phenoxy) is 1. The van der Waals surface area contributed by atoms with Crippen molar-refractivity contribution in [3.63, 3.8) is 0 Å². The van der Waals surface area contributed by atoms with E-state index in [4.69, 9.17) is 16.3 Å². The molecule has 3 nitrogen and oxygen atoms in total. The lowest BCUT2D eigenvalue weighted by Crippen LogP contribution is -2.45. The fourth-order valence-corrected chi connectivity index (χ4v) is 3.29. The normalized spacial score (nSPS) is 22.1. The lowest BCUT2D eigenvalue weighted by Gasteiger charge is -2.40. The molecule has 0 saturated carbocycles. The Bertz CT molecular complexity index is 773. The number of benzene rings is 2. The summed E-state index contributed by atoms with van der Waals surface area (Å²) in [6.45, 7) is 3.81. The number of aliphatic hydroxyl groups excluding tert-OH is 1. The van der Waals surface area contributed by atoms with Gasteiger partial charge in [0.25, 0.3) is 0 Å². The van der Waals surface area contributed by atoms with Crippen LogP contribution in [0.3, 0.4) is 0 Å². The molecular formula is C18H16BrClO3. The van der Waals surface area contributed by atoms with Crippen LogP contribution in [0, 0.1) is 0 Å². The van der Waals surface area contributed by atoms with Crippen LogP contribution in [0.15, 0.2) is 42.5 Å². The Kier molecular flexibility index (Phi) is 4.25. The number of rotatable bonds is 2. The summed E-state index contributed by atoms with van der Waals surface area (Å²) >= 11 is 9.58. The molecule has 0 spiro atoms. The van der Waals surface area contributed by atoms with Gasteiger partial charge in [0, 0.05) is 16.7 Å². The smallest absolute Gasteiger partial charge is 0.194 e. The summed E-state index contributed by atoms with van der Waals surface area (Å²) in [5.41, 5.74) is 0.972. The van der Waals surface area contributed by atoms with Crippen LogP contribution in [0.5, 0.6) is 5.75 Å². The molecule has 1 heterocycles. The van der Waals surface area contributed by atoms with Crippen molar-refractivity contribution >= 4 is 33.3 Å². The molecular weight excluding hydrogens is 380 g/mol. The maximum Gasteiger partial charge on any atom is 0.194 e. The largest absolute Gasteiger partial charge is 0.486 e. The third-order valence-electron chi connectivity index (χ3n) is 4.02. The van der Waals surface area contributed by atoms with Crippen molar-refractivity contribution in [2.75, 3.05) is 0 Å². The van der Waals surface area contributed by atoms with Gasteiger partial charge in [-0.05, 0) is 44.2 Å². The van der Waals surface area contributed by atoms with Crippen LogP contribution in [0.2, 0.25) is 5.02 Å². The molecule has 2 aromatic carbocycles. The monoisotopic (exact) mass is 394 g/mol. The van der Waals surface area contributed by atoms with Gasteiger partial charge in [-0.3, -0.25) is 4.79 Å². The molecule has 1 aliphatic rings. The first-order valence-electron chi connectivity index (χ1n) is 7.25. The molecule has 120 valence electrons. The van der Waals surface area contributed by atoms with Gasteiger partial charge in [-0.15, -0.1) is 0 Å². The Morgan fingerprint density at radius 3 is 2.65 bits per heavy atom. The first kappa shape index (κ1) is 16.5. The van der Waals surface area contributed by atoms with E-state index in [-0.39, 0.29) is 10.6 Å². The Labute approximate surface area is 148 Å². The van der Waals surface area contributed by atoms with Gasteiger partial charge in [-0.25, -0.2) is 0 Å². The number of ketones is 1. The molecule has 2 aromatic rings. The zero-order chi connectivity index (χ0) is 16.8. The number of fused-ring (bicyclic) bond motifs is 1. The third kappa shape index (κ3) is 2.91. The third-order valence-corrected chi connectivity index (χ3v) is 5.96. The van der Waals surface area contributed by atoms with Crippen LogP contribution in [0.4, 0.5) is 0 Å². The highest BCUT2D eigenvalue weighted by Gasteiger charge is 2.41. The van der Waals surface area contributed by atoms with Gasteiger partial charge in [0.05, 0.1) is 16.0 Å². The number of carbonyl (C=O) groups is 1. The van der Waals surface area contributed by atoms with E-state index in [0.717, 1.165) is 0 Å². The molecule has 1 aliphatic heterocycles. The van der Waals surface area contributed by atoms with E-state index < -0.39 is 11.7 Å². The lowest BCUT2D eigenvalue weighted by atomic mass is 9.89. The quantitative estimate of drug-likeness (QED) is 0.600. The predicted octanol–water partition coefficient (Wildman–Crippen LogP) is 4.54. The summed E-state index contributed by atoms with van der Waals surface area (Å²) in [4.78, 5) is 12.4. The number of halogens is 2. The topological polar surface area (TPSA) is 46.5 Å². The Morgan fingerprint density at radius 2 is 1.96 bits per heavy atom. The molecule has 0 aliphatic carbocycles. The van der Waals surface area contributed by atoms with Gasteiger partial charge in [0.15, 0.2) is 5.78 Å². The highest BCUT2D eigenvalue weighted by molar-refractivity contribution is 9.09. The fourth-order valence-electron chi connectivity index (χ4n) is 2.69. The standard InChI is InChI=1S/C18H16BrClO3/c1-18(2)17(19)16(22)12-9-10(7-8-14(12)23-18)15(21)11-5-3-4-6-13(11)20/h3-9,16-17,22H,1-2H3. The van der Waals surface area contributed by atoms with Crippen molar-refractivity contribution in [1.29, 1.82) is 0 Å². The van der Waals surface area contributed by atoms with Gasteiger partial charge in [-0.1, -0.05) is 39.7 Å². The Hall–Kier alpha value is -1.36. The van der Waals surface area contributed by atoms with Gasteiger partial charge in [0.2, 0.25) is 0 Å². The van der Waals surface area contributed by atoms with Crippen LogP contribution in [-0.2, 0) is 0 Å². The van der Waals surface area contributed by atoms with Crippen molar-refractivity contribution in [3.05, 3.63) is 64.2 Å². The molecule has 23 heavy (non-hydrogen) atoms. The average Bonchev–Trinajstić information content (AvgIpc) is 2.52. The first-order chi connectivity index (χ1) is 10.8. The first-order valence-corrected chi connectivity index (χ1v) is 8.55. The summed E-state index contributed by atoms with van der Waals surface area (Å²) in [7, 11) is 0. The zero-order valence-corrected chi connectivity index (χ0v) is 15.1. The number of hydrogen-bond donors (Lipinski definition) is 1. The van der Waals surface area contributed by atoms with E-state index in [9.17, 15) is 9.90 Å². The zero-order valence-electron chi connectivity index (χ0n) is 12.7. The van der Waals surface area contributed by atoms with Gasteiger partial charge >= 0.3 is 0 Å². The van der Waals surface area contributed by atoms with Crippen molar-refractivity contribution in [3.8, 4) is 5.75 Å². The minimum Gasteiger partial charge on any atom is -0.486 e. The predicted molar refractivity (Wildman–Crippen MR) is 93.7 cm³/mol. The summed E-state index contributed by atoms with van der Waals surface area (Å²) in [6, 6.07) is 12.0. The van der Waals surface area contributed by atoms with Crippen molar-refractivity contribution in [1.82, 2.24) is 0 Å². The van der Waals surface area contributed by atoms with Gasteiger partial charge < -0.3 is 9.84 Å². The van der Waals surface area contributed by atoms with Crippen LogP contribution in [-0.4, -0.2) is 21.3 Å². The molecule has 2 atom stereocenters. The molecule has 2 unspecified atom stereocenters. The molecule has 0 saturated heterocycles. The van der Waals surface area contributed by atoms with Crippen molar-refractivity contribution < 1.29 is 14.6 Å². The summed E-state index contributed by atoms with van der Waals surface area (Å²) in [5.74, 6) is 0.412. The van der Waals surface area contributed by atoms with E-state index in [1.165, 1.54) is 0 Å². The van der Waals surface area contributed by atoms with Crippen molar-refractivity contribution in [2.45, 2.75) is 30.4 Å². The molecule has 0 bridgehead atoms. The SMILES string of the molecule is CC1(C)Oc2ccc(C(=O)c3ccccc3Cl)cc2C(O)C1Br. The number of aliphatic hydroxyl groups is 1. The molecule has 0 amide bonds. The van der Waals surface area contributed by atoms with E-state index >= 15 is 0 Å². The second kappa shape index (κ2) is 5.93. The summed E-state index contributed by atoms with van der Waals surface area (Å²) < 4.78 is 5.92. The molecule has 1 N–H and O–H groups in total. The maximum atomic E-state index is 12.6. The summed E-state index contributed by atoms with van der Waals surface area (Å²) in [5, 5.41) is 10.9. The second-order valence-electron chi connectivity index (χ2n) is 6.11. The van der Waals surface area contributed by atoms with Crippen LogP contribution in [0.1, 0.15) is 41.4 Å². The highest BCUT2D eigenvalue weighted by atomic mass is 79.9. The van der Waals surface area contributed by atoms with E-state index in [2.05, 4.69) is 15.9 Å². The van der Waals surface area contributed by atoms with Crippen LogP contribution >= 0.6 is 27.5 Å². The summed E-state index contributed by atoms with van der Waals surface area (Å²) in [6.07, 6.45) is -0.757. The molecule has 3 rings (SSSR count). The van der Waals surface area contributed by atoms with Gasteiger partial charge in [-0.2, -0.15) is 0 Å². The van der Waals surface area contributed by atoms with E-state index in [0.29, 0.717) is 27.5 Å². The number of carbonyl (C=O) groups excluding carboxylic acids is 1. The lowest BCUT2D eigenvalue weighted by molar-refractivity contribution is 0.0225. The van der Waals surface area contributed by atoms with E-state index in [1.54, 1.807) is 42.5 Å². The maximum absolute atomic E-state index is 12.6. The molecule has 0 fully saturated rings. The minimum atomic E-state index is -0.757. The minimum absolute atomic E-state index is 0.179. The van der Waals surface area contributed by atoms with Gasteiger partial charge in [0.1, 0.15) is 11.4 Å². The molecule has 5 heteroatoms. The van der Waals surface area contributed by atoms with Crippen LogP contribution in [0.25, 0.3) is 0 Å².